The normalized spacial score (nSPS) is 12.3. The Morgan fingerprint density at radius 3 is 1.36 bits per heavy atom. The zero-order valence-corrected chi connectivity index (χ0v) is 29.1. The fourth-order valence-corrected chi connectivity index (χ4v) is 9.74. The van der Waals surface area contributed by atoms with Gasteiger partial charge < -0.3 is 4.90 Å². The molecule has 1 aliphatic rings. The van der Waals surface area contributed by atoms with Crippen LogP contribution in [0.5, 0.6) is 0 Å². The molecule has 10 rings (SSSR count). The molecule has 3 nitrogen and oxygen atoms in total. The molecule has 0 aliphatic carbocycles. The zero-order chi connectivity index (χ0) is 33.0. The van der Waals surface area contributed by atoms with Crippen molar-refractivity contribution in [1.82, 2.24) is 9.97 Å². The van der Waals surface area contributed by atoms with Crippen LogP contribution in [-0.4, -0.2) is 9.97 Å². The molecule has 0 saturated heterocycles. The molecular formula is C44H27N3S3. The lowest BCUT2D eigenvalue weighted by Gasteiger charge is -2.33. The number of fused-ring (bicyclic) bond motifs is 4. The summed E-state index contributed by atoms with van der Waals surface area (Å²) in [7, 11) is 0. The molecule has 0 amide bonds. The van der Waals surface area contributed by atoms with Gasteiger partial charge in [0, 0.05) is 26.6 Å². The van der Waals surface area contributed by atoms with E-state index >= 15 is 0 Å². The molecule has 0 fully saturated rings. The maximum atomic E-state index is 4.93. The Hall–Kier alpha value is -5.53. The number of para-hydroxylation sites is 3. The van der Waals surface area contributed by atoms with Gasteiger partial charge in [-0.05, 0) is 95.1 Å². The summed E-state index contributed by atoms with van der Waals surface area (Å²) in [5.74, 6) is 0. The first-order valence-electron chi connectivity index (χ1n) is 16.5. The molecule has 1 aliphatic heterocycles. The lowest BCUT2D eigenvalue weighted by Crippen LogP contribution is -2.14. The number of hydrogen-bond acceptors (Lipinski definition) is 6. The van der Waals surface area contributed by atoms with Crippen molar-refractivity contribution in [2.75, 3.05) is 4.90 Å². The predicted octanol–water partition coefficient (Wildman–Crippen LogP) is 13.5. The summed E-state index contributed by atoms with van der Waals surface area (Å²) in [5, 5.41) is 2.09. The summed E-state index contributed by atoms with van der Waals surface area (Å²) < 4.78 is 2.42. The quantitative estimate of drug-likeness (QED) is 0.179. The van der Waals surface area contributed by atoms with Crippen molar-refractivity contribution >= 4 is 71.9 Å². The van der Waals surface area contributed by atoms with Crippen molar-refractivity contribution in [3.63, 3.8) is 0 Å². The number of hydrogen-bond donors (Lipinski definition) is 0. The Kier molecular flexibility index (Phi) is 7.12. The van der Waals surface area contributed by atoms with Gasteiger partial charge in [0.25, 0.3) is 0 Å². The van der Waals surface area contributed by atoms with Gasteiger partial charge in [0.2, 0.25) is 0 Å². The van der Waals surface area contributed by atoms with E-state index in [1.54, 1.807) is 22.7 Å². The number of benzene rings is 7. The molecule has 236 valence electrons. The highest BCUT2D eigenvalue weighted by molar-refractivity contribution is 7.99. The summed E-state index contributed by atoms with van der Waals surface area (Å²) in [5.41, 5.74) is 12.6. The smallest absolute Gasteiger partial charge is 0.124 e. The van der Waals surface area contributed by atoms with Crippen LogP contribution in [0.4, 0.5) is 17.1 Å². The molecule has 0 unspecified atom stereocenters. The second kappa shape index (κ2) is 12.1. The van der Waals surface area contributed by atoms with Gasteiger partial charge in [-0.15, -0.1) is 22.7 Å². The number of nitrogens with zero attached hydrogens (tertiary/aromatic N) is 3. The Bertz CT molecular complexity index is 2480. The van der Waals surface area contributed by atoms with E-state index in [0.29, 0.717) is 0 Å². The third-order valence-corrected chi connectivity index (χ3v) is 12.4. The number of aromatic nitrogens is 2. The van der Waals surface area contributed by atoms with E-state index in [9.17, 15) is 0 Å². The topological polar surface area (TPSA) is 29.0 Å². The van der Waals surface area contributed by atoms with E-state index in [0.717, 1.165) is 37.9 Å². The molecule has 0 spiro atoms. The van der Waals surface area contributed by atoms with Crippen molar-refractivity contribution < 1.29 is 0 Å². The summed E-state index contributed by atoms with van der Waals surface area (Å²) in [6, 6.07) is 58.7. The Morgan fingerprint density at radius 2 is 0.840 bits per heavy atom. The van der Waals surface area contributed by atoms with Crippen LogP contribution in [-0.2, 0) is 0 Å². The van der Waals surface area contributed by atoms with Gasteiger partial charge in [-0.1, -0.05) is 103 Å². The fraction of sp³-hybridized carbons (Fsp3) is 0. The van der Waals surface area contributed by atoms with E-state index < -0.39 is 0 Å². The minimum atomic E-state index is 1.05. The Balaban J connectivity index is 1.04. The summed E-state index contributed by atoms with van der Waals surface area (Å²) in [4.78, 5) is 14.7. The first-order valence-corrected chi connectivity index (χ1v) is 18.9. The van der Waals surface area contributed by atoms with Crippen LogP contribution in [0.3, 0.4) is 0 Å². The van der Waals surface area contributed by atoms with Gasteiger partial charge in [0.1, 0.15) is 10.0 Å². The Labute approximate surface area is 302 Å². The SMILES string of the molecule is c1ccc(N2c3ccc(-c4cccc(-c5nc6ccccc6s5)c4)cc3Sc3cc(-c4cccc(-c5nc6ccccc6s5)c4)ccc32)cc1. The van der Waals surface area contributed by atoms with E-state index in [2.05, 4.69) is 157 Å². The van der Waals surface area contributed by atoms with Crippen LogP contribution in [0.15, 0.2) is 174 Å². The van der Waals surface area contributed by atoms with Crippen LogP contribution in [0.2, 0.25) is 0 Å². The highest BCUT2D eigenvalue weighted by Gasteiger charge is 2.26. The van der Waals surface area contributed by atoms with Crippen molar-refractivity contribution in [1.29, 1.82) is 0 Å². The number of anilines is 3. The maximum Gasteiger partial charge on any atom is 0.124 e. The van der Waals surface area contributed by atoms with Crippen molar-refractivity contribution in [3.05, 3.63) is 164 Å². The summed E-state index contributed by atoms with van der Waals surface area (Å²) >= 11 is 5.33. The predicted molar refractivity (Wildman–Crippen MR) is 213 cm³/mol. The second-order valence-corrected chi connectivity index (χ2v) is 15.4. The second-order valence-electron chi connectivity index (χ2n) is 12.3. The number of thiazole rings is 2. The lowest BCUT2D eigenvalue weighted by molar-refractivity contribution is 1.17. The average molecular weight is 694 g/mol. The van der Waals surface area contributed by atoms with E-state index in [-0.39, 0.29) is 0 Å². The minimum Gasteiger partial charge on any atom is -0.308 e. The molecule has 7 aromatic carbocycles. The molecule has 0 radical (unpaired) electrons. The van der Waals surface area contributed by atoms with Gasteiger partial charge in [-0.25, -0.2) is 9.97 Å². The van der Waals surface area contributed by atoms with Crippen molar-refractivity contribution in [3.8, 4) is 43.4 Å². The van der Waals surface area contributed by atoms with Crippen LogP contribution < -0.4 is 4.90 Å². The fourth-order valence-electron chi connectivity index (χ4n) is 6.68. The molecule has 6 heteroatoms. The average Bonchev–Trinajstić information content (AvgIpc) is 3.82. The van der Waals surface area contributed by atoms with Gasteiger partial charge in [0.15, 0.2) is 0 Å². The molecule has 9 aromatic rings. The molecular weight excluding hydrogens is 667 g/mol. The van der Waals surface area contributed by atoms with Crippen LogP contribution >= 0.6 is 34.4 Å². The molecule has 0 N–H and O–H groups in total. The largest absolute Gasteiger partial charge is 0.308 e. The first-order chi connectivity index (χ1) is 24.7. The standard InChI is InChI=1S/C44H27N3S3/c1-2-14-34(15-3-1)47-37-22-20-30(28-10-8-12-32(24-28)43-45-35-16-4-6-18-39(35)49-43)26-41(37)48-42-27-31(21-23-38(42)47)29-11-9-13-33(25-29)44-46-36-17-5-7-19-40(36)50-44/h1-27H. The highest BCUT2D eigenvalue weighted by Crippen LogP contribution is 2.53. The molecule has 50 heavy (non-hydrogen) atoms. The molecule has 3 heterocycles. The number of rotatable bonds is 5. The summed E-state index contributed by atoms with van der Waals surface area (Å²) in [6.07, 6.45) is 0. The minimum absolute atomic E-state index is 1.05. The Morgan fingerprint density at radius 1 is 0.380 bits per heavy atom. The molecule has 0 saturated carbocycles. The first kappa shape index (κ1) is 29.4. The van der Waals surface area contributed by atoms with Crippen LogP contribution in [0.25, 0.3) is 63.8 Å². The van der Waals surface area contributed by atoms with Crippen molar-refractivity contribution in [2.24, 2.45) is 0 Å². The third kappa shape index (κ3) is 5.20. The van der Waals surface area contributed by atoms with Gasteiger partial charge in [-0.2, -0.15) is 0 Å². The third-order valence-electron chi connectivity index (χ3n) is 9.11. The van der Waals surface area contributed by atoms with Crippen LogP contribution in [0, 0.1) is 0 Å². The van der Waals surface area contributed by atoms with Gasteiger partial charge in [0.05, 0.1) is 31.8 Å². The van der Waals surface area contributed by atoms with Gasteiger partial charge >= 0.3 is 0 Å². The van der Waals surface area contributed by atoms with Crippen LogP contribution in [0.1, 0.15) is 0 Å². The van der Waals surface area contributed by atoms with E-state index in [4.69, 9.17) is 9.97 Å². The van der Waals surface area contributed by atoms with E-state index in [1.807, 2.05) is 23.9 Å². The van der Waals surface area contributed by atoms with E-state index in [1.165, 1.54) is 52.8 Å². The zero-order valence-electron chi connectivity index (χ0n) is 26.7. The monoisotopic (exact) mass is 693 g/mol. The highest BCUT2D eigenvalue weighted by atomic mass is 32.2. The molecule has 0 bridgehead atoms. The molecule has 0 atom stereocenters. The summed E-state index contributed by atoms with van der Waals surface area (Å²) in [6.45, 7) is 0. The lowest BCUT2D eigenvalue weighted by atomic mass is 10.0. The molecule has 2 aromatic heterocycles. The maximum absolute atomic E-state index is 4.93. The van der Waals surface area contributed by atoms with Crippen molar-refractivity contribution in [2.45, 2.75) is 9.79 Å². The van der Waals surface area contributed by atoms with Gasteiger partial charge in [-0.3, -0.25) is 0 Å².